The molecule has 4 rings (SSSR count). The summed E-state index contributed by atoms with van der Waals surface area (Å²) in [5.41, 5.74) is 4.19. The number of urea groups is 1. The van der Waals surface area contributed by atoms with E-state index in [1.165, 1.54) is 17.2 Å². The number of barbiturate groups is 1. The molecule has 1 aliphatic rings. The molecular weight excluding hydrogens is 536 g/mol. The fourth-order valence-electron chi connectivity index (χ4n) is 4.01. The molecule has 0 saturated carbocycles. The minimum atomic E-state index is -0.800. The van der Waals surface area contributed by atoms with Gasteiger partial charge in [-0.15, -0.1) is 0 Å². The van der Waals surface area contributed by atoms with E-state index in [0.717, 1.165) is 16.9 Å². The topological polar surface area (TPSA) is 84.9 Å². The van der Waals surface area contributed by atoms with Crippen molar-refractivity contribution in [3.8, 4) is 11.5 Å². The Balaban J connectivity index is 1.52. The number of nitrogens with one attached hydrogen (secondary N) is 1. The summed E-state index contributed by atoms with van der Waals surface area (Å²) in [6.07, 6.45) is 2.31. The van der Waals surface area contributed by atoms with E-state index in [4.69, 9.17) is 9.47 Å². The SMILES string of the molecule is CCCOc1ccc(N2C(=O)NC(=O)/C(=C/c3ccc(OCc4cc(C)cc(C)c4)c(Br)c3)C2=O)cc1. The van der Waals surface area contributed by atoms with Gasteiger partial charge in [-0.25, -0.2) is 9.69 Å². The Morgan fingerprint density at radius 3 is 2.27 bits per heavy atom. The summed E-state index contributed by atoms with van der Waals surface area (Å²) in [5.74, 6) is -0.197. The lowest BCUT2D eigenvalue weighted by atomic mass is 10.1. The lowest BCUT2D eigenvalue weighted by Crippen LogP contribution is -2.54. The van der Waals surface area contributed by atoms with Gasteiger partial charge < -0.3 is 9.47 Å². The molecule has 1 heterocycles. The highest BCUT2D eigenvalue weighted by molar-refractivity contribution is 9.10. The van der Waals surface area contributed by atoms with Crippen LogP contribution in [-0.4, -0.2) is 24.5 Å². The quantitative estimate of drug-likeness (QED) is 0.265. The van der Waals surface area contributed by atoms with Gasteiger partial charge in [0.2, 0.25) is 0 Å². The van der Waals surface area contributed by atoms with Crippen molar-refractivity contribution in [1.82, 2.24) is 5.32 Å². The van der Waals surface area contributed by atoms with Gasteiger partial charge in [-0.05, 0) is 89.8 Å². The Hall–Kier alpha value is -3.91. The molecule has 4 amide bonds. The number of ether oxygens (including phenoxy) is 2. The van der Waals surface area contributed by atoms with Crippen LogP contribution in [0, 0.1) is 13.8 Å². The molecule has 190 valence electrons. The van der Waals surface area contributed by atoms with Crippen LogP contribution in [0.25, 0.3) is 6.08 Å². The maximum absolute atomic E-state index is 13.2. The van der Waals surface area contributed by atoms with E-state index in [1.54, 1.807) is 42.5 Å². The predicted octanol–water partition coefficient (Wildman–Crippen LogP) is 6.10. The lowest BCUT2D eigenvalue weighted by molar-refractivity contribution is -0.122. The van der Waals surface area contributed by atoms with Crippen molar-refractivity contribution in [2.45, 2.75) is 33.8 Å². The molecule has 1 N–H and O–H groups in total. The first-order chi connectivity index (χ1) is 17.7. The van der Waals surface area contributed by atoms with E-state index < -0.39 is 17.8 Å². The molecule has 0 bridgehead atoms. The second-order valence-corrected chi connectivity index (χ2v) is 9.63. The van der Waals surface area contributed by atoms with Gasteiger partial charge in [0.25, 0.3) is 11.8 Å². The van der Waals surface area contributed by atoms with E-state index in [0.29, 0.717) is 40.4 Å². The van der Waals surface area contributed by atoms with Crippen LogP contribution in [0.5, 0.6) is 11.5 Å². The molecule has 37 heavy (non-hydrogen) atoms. The Labute approximate surface area is 224 Å². The predicted molar refractivity (Wildman–Crippen MR) is 146 cm³/mol. The van der Waals surface area contributed by atoms with Gasteiger partial charge in [0.1, 0.15) is 23.7 Å². The van der Waals surface area contributed by atoms with Crippen molar-refractivity contribution in [2.75, 3.05) is 11.5 Å². The Morgan fingerprint density at radius 2 is 1.62 bits per heavy atom. The third-order valence-corrected chi connectivity index (χ3v) is 6.23. The summed E-state index contributed by atoms with van der Waals surface area (Å²) in [5, 5.41) is 2.24. The molecule has 0 atom stereocenters. The average molecular weight is 563 g/mol. The number of anilines is 1. The van der Waals surface area contributed by atoms with Gasteiger partial charge in [-0.3, -0.25) is 14.9 Å². The zero-order valence-corrected chi connectivity index (χ0v) is 22.4. The first kappa shape index (κ1) is 26.2. The molecule has 8 heteroatoms. The Kier molecular flexibility index (Phi) is 8.08. The molecular formula is C29H27BrN2O5. The number of rotatable bonds is 8. The van der Waals surface area contributed by atoms with Crippen molar-refractivity contribution < 1.29 is 23.9 Å². The Morgan fingerprint density at radius 1 is 0.919 bits per heavy atom. The number of halogens is 1. The van der Waals surface area contributed by atoms with Gasteiger partial charge in [-0.2, -0.15) is 0 Å². The number of nitrogens with zero attached hydrogens (tertiary/aromatic N) is 1. The molecule has 7 nitrogen and oxygen atoms in total. The molecule has 1 aliphatic heterocycles. The van der Waals surface area contributed by atoms with Gasteiger partial charge in [-0.1, -0.05) is 42.3 Å². The number of hydrogen-bond acceptors (Lipinski definition) is 5. The molecule has 3 aromatic carbocycles. The largest absolute Gasteiger partial charge is 0.494 e. The molecule has 0 unspecified atom stereocenters. The highest BCUT2D eigenvalue weighted by atomic mass is 79.9. The van der Waals surface area contributed by atoms with Crippen molar-refractivity contribution >= 4 is 45.5 Å². The summed E-state index contributed by atoms with van der Waals surface area (Å²) in [4.78, 5) is 39.1. The maximum atomic E-state index is 13.2. The highest BCUT2D eigenvalue weighted by Crippen LogP contribution is 2.29. The van der Waals surface area contributed by atoms with Crippen LogP contribution in [0.3, 0.4) is 0 Å². The van der Waals surface area contributed by atoms with Crippen molar-refractivity contribution in [2.24, 2.45) is 0 Å². The normalized spacial score (nSPS) is 14.6. The highest BCUT2D eigenvalue weighted by Gasteiger charge is 2.36. The van der Waals surface area contributed by atoms with Crippen LogP contribution in [0.1, 0.15) is 35.6 Å². The van der Waals surface area contributed by atoms with E-state index in [1.807, 2.05) is 20.8 Å². The molecule has 3 aromatic rings. The minimum absolute atomic E-state index is 0.151. The van der Waals surface area contributed by atoms with Crippen LogP contribution in [0.4, 0.5) is 10.5 Å². The molecule has 1 saturated heterocycles. The van der Waals surface area contributed by atoms with Crippen LogP contribution >= 0.6 is 15.9 Å². The summed E-state index contributed by atoms with van der Waals surface area (Å²) in [6, 6.07) is 17.3. The number of hydrogen-bond donors (Lipinski definition) is 1. The fourth-order valence-corrected chi connectivity index (χ4v) is 4.52. The average Bonchev–Trinajstić information content (AvgIpc) is 2.85. The van der Waals surface area contributed by atoms with Crippen LogP contribution in [0.2, 0.25) is 0 Å². The zero-order valence-electron chi connectivity index (χ0n) is 20.8. The number of carbonyl (C=O) groups excluding carboxylic acids is 3. The number of imide groups is 2. The van der Waals surface area contributed by atoms with Crippen LogP contribution in [0.15, 0.2) is 70.7 Å². The van der Waals surface area contributed by atoms with Crippen molar-refractivity contribution in [3.05, 3.63) is 93.0 Å². The van der Waals surface area contributed by atoms with E-state index >= 15 is 0 Å². The molecule has 0 aliphatic carbocycles. The summed E-state index contributed by atoms with van der Waals surface area (Å²) in [6.45, 7) is 7.06. The van der Waals surface area contributed by atoms with Crippen LogP contribution in [-0.2, 0) is 16.2 Å². The standard InChI is InChI=1S/C29H27BrN2O5/c1-4-11-36-23-8-6-22(7-9-23)32-28(34)24(27(33)31-29(32)35)15-20-5-10-26(25(30)16-20)37-17-21-13-18(2)12-19(3)14-21/h5-10,12-16H,4,11,17H2,1-3H3,(H,31,33,35)/b24-15-. The first-order valence-corrected chi connectivity index (χ1v) is 12.7. The molecule has 0 aromatic heterocycles. The summed E-state index contributed by atoms with van der Waals surface area (Å²) in [7, 11) is 0. The number of amides is 4. The number of aryl methyl sites for hydroxylation is 2. The number of carbonyl (C=O) groups is 3. The smallest absolute Gasteiger partial charge is 0.335 e. The monoisotopic (exact) mass is 562 g/mol. The number of benzene rings is 3. The van der Waals surface area contributed by atoms with Gasteiger partial charge in [0, 0.05) is 0 Å². The van der Waals surface area contributed by atoms with Gasteiger partial charge in [0.15, 0.2) is 0 Å². The van der Waals surface area contributed by atoms with Crippen molar-refractivity contribution in [1.29, 1.82) is 0 Å². The van der Waals surface area contributed by atoms with Gasteiger partial charge in [0.05, 0.1) is 16.8 Å². The Bertz CT molecular complexity index is 1360. The fraction of sp³-hybridized carbons (Fsp3) is 0.207. The zero-order chi connectivity index (χ0) is 26.5. The third kappa shape index (κ3) is 6.27. The third-order valence-electron chi connectivity index (χ3n) is 5.61. The maximum Gasteiger partial charge on any atom is 0.335 e. The second kappa shape index (κ2) is 11.4. The molecule has 0 spiro atoms. The van der Waals surface area contributed by atoms with E-state index in [2.05, 4.69) is 39.4 Å². The van der Waals surface area contributed by atoms with Crippen LogP contribution < -0.4 is 19.7 Å². The van der Waals surface area contributed by atoms with Crippen molar-refractivity contribution in [3.63, 3.8) is 0 Å². The van der Waals surface area contributed by atoms with E-state index in [-0.39, 0.29) is 5.57 Å². The summed E-state index contributed by atoms with van der Waals surface area (Å²) >= 11 is 3.51. The summed E-state index contributed by atoms with van der Waals surface area (Å²) < 4.78 is 12.2. The minimum Gasteiger partial charge on any atom is -0.494 e. The molecule has 1 fully saturated rings. The lowest BCUT2D eigenvalue weighted by Gasteiger charge is -2.26. The second-order valence-electron chi connectivity index (χ2n) is 8.77. The van der Waals surface area contributed by atoms with E-state index in [9.17, 15) is 14.4 Å². The van der Waals surface area contributed by atoms with Gasteiger partial charge >= 0.3 is 6.03 Å². The first-order valence-electron chi connectivity index (χ1n) is 11.9. The molecule has 0 radical (unpaired) electrons.